The van der Waals surface area contributed by atoms with Crippen LogP contribution in [0.5, 0.6) is 0 Å². The molecule has 1 saturated carbocycles. The van der Waals surface area contributed by atoms with E-state index in [2.05, 4.69) is 22.9 Å². The maximum Gasteiger partial charge on any atom is 0.0887 e. The molecule has 0 amide bonds. The number of unbranched alkanes of at least 4 members (excludes halogenated alkanes) is 1. The van der Waals surface area contributed by atoms with Crippen LogP contribution in [0.1, 0.15) is 62.8 Å². The standard InChI is InChI=1S/C15H23BrClNS/c1-2-3-4-10-5-7-11(8-6-10)14(18)13-9-12(17)15(16)19-13/h9-11,14H,2-8,18H2,1H3. The molecule has 4 heteroatoms. The Labute approximate surface area is 134 Å². The van der Waals surface area contributed by atoms with E-state index in [0.717, 1.165) is 14.7 Å². The molecule has 0 aromatic carbocycles. The van der Waals surface area contributed by atoms with Crippen molar-refractivity contribution >= 4 is 38.9 Å². The first-order valence-electron chi connectivity index (χ1n) is 7.32. The van der Waals surface area contributed by atoms with E-state index in [1.54, 1.807) is 11.3 Å². The summed E-state index contributed by atoms with van der Waals surface area (Å²) in [5, 5.41) is 0.798. The molecule has 0 bridgehead atoms. The minimum Gasteiger partial charge on any atom is -0.323 e. The molecule has 2 rings (SSSR count). The zero-order valence-electron chi connectivity index (χ0n) is 11.5. The number of nitrogens with two attached hydrogens (primary N) is 1. The molecular formula is C15H23BrClNS. The first kappa shape index (κ1) is 15.8. The van der Waals surface area contributed by atoms with Gasteiger partial charge in [-0.1, -0.05) is 50.6 Å². The summed E-state index contributed by atoms with van der Waals surface area (Å²) in [6, 6.07) is 2.20. The smallest absolute Gasteiger partial charge is 0.0887 e. The van der Waals surface area contributed by atoms with Gasteiger partial charge < -0.3 is 5.73 Å². The number of thiophene rings is 1. The van der Waals surface area contributed by atoms with Crippen molar-refractivity contribution in [3.63, 3.8) is 0 Å². The average Bonchev–Trinajstić information content (AvgIpc) is 2.76. The maximum absolute atomic E-state index is 6.43. The van der Waals surface area contributed by atoms with Crippen molar-refractivity contribution in [3.8, 4) is 0 Å². The fraction of sp³-hybridized carbons (Fsp3) is 0.733. The fourth-order valence-electron chi connectivity index (χ4n) is 3.09. The zero-order valence-corrected chi connectivity index (χ0v) is 14.7. The van der Waals surface area contributed by atoms with Crippen molar-refractivity contribution in [2.75, 3.05) is 0 Å². The number of hydrogen-bond acceptors (Lipinski definition) is 2. The van der Waals surface area contributed by atoms with Crippen LogP contribution in [0, 0.1) is 11.8 Å². The normalized spacial score (nSPS) is 25.5. The first-order chi connectivity index (χ1) is 9.11. The van der Waals surface area contributed by atoms with Gasteiger partial charge in [-0.2, -0.15) is 0 Å². The number of halogens is 2. The Hall–Kier alpha value is 0.430. The lowest BCUT2D eigenvalue weighted by Crippen LogP contribution is -2.25. The SMILES string of the molecule is CCCCC1CCC(C(N)c2cc(Cl)c(Br)s2)CC1. The van der Waals surface area contributed by atoms with Crippen molar-refractivity contribution in [3.05, 3.63) is 19.8 Å². The van der Waals surface area contributed by atoms with Gasteiger partial charge in [-0.25, -0.2) is 0 Å². The molecule has 0 saturated heterocycles. The van der Waals surface area contributed by atoms with Crippen molar-refractivity contribution in [2.24, 2.45) is 17.6 Å². The minimum atomic E-state index is 0.168. The van der Waals surface area contributed by atoms with E-state index in [4.69, 9.17) is 17.3 Å². The van der Waals surface area contributed by atoms with Crippen LogP contribution in [0.2, 0.25) is 5.02 Å². The quantitative estimate of drug-likeness (QED) is 0.665. The van der Waals surface area contributed by atoms with E-state index in [1.807, 2.05) is 6.07 Å². The van der Waals surface area contributed by atoms with E-state index in [1.165, 1.54) is 49.8 Å². The van der Waals surface area contributed by atoms with Gasteiger partial charge in [0.15, 0.2) is 0 Å². The second kappa shape index (κ2) is 7.44. The van der Waals surface area contributed by atoms with E-state index in [-0.39, 0.29) is 6.04 Å². The van der Waals surface area contributed by atoms with Gasteiger partial charge >= 0.3 is 0 Å². The van der Waals surface area contributed by atoms with Crippen molar-refractivity contribution in [1.82, 2.24) is 0 Å². The summed E-state index contributed by atoms with van der Waals surface area (Å²) in [5.74, 6) is 1.58. The van der Waals surface area contributed by atoms with Gasteiger partial charge in [-0.15, -0.1) is 11.3 Å². The predicted molar refractivity (Wildman–Crippen MR) is 88.9 cm³/mol. The topological polar surface area (TPSA) is 26.0 Å². The average molecular weight is 365 g/mol. The molecule has 1 nitrogen and oxygen atoms in total. The highest BCUT2D eigenvalue weighted by atomic mass is 79.9. The summed E-state index contributed by atoms with van der Waals surface area (Å²) in [7, 11) is 0. The van der Waals surface area contributed by atoms with E-state index in [0.29, 0.717) is 5.92 Å². The van der Waals surface area contributed by atoms with Gasteiger partial charge in [0.25, 0.3) is 0 Å². The van der Waals surface area contributed by atoms with Crippen LogP contribution in [0.3, 0.4) is 0 Å². The third-order valence-electron chi connectivity index (χ3n) is 4.36. The molecular weight excluding hydrogens is 342 g/mol. The van der Waals surface area contributed by atoms with Crippen LogP contribution in [0.25, 0.3) is 0 Å². The fourth-order valence-corrected chi connectivity index (χ4v) is 4.93. The molecule has 2 N–H and O–H groups in total. The van der Waals surface area contributed by atoms with Gasteiger partial charge in [0.2, 0.25) is 0 Å². The molecule has 0 radical (unpaired) electrons. The molecule has 0 aliphatic heterocycles. The summed E-state index contributed by atoms with van der Waals surface area (Å²) >= 11 is 11.3. The van der Waals surface area contributed by atoms with Crippen LogP contribution in [-0.4, -0.2) is 0 Å². The van der Waals surface area contributed by atoms with Gasteiger partial charge in [0, 0.05) is 10.9 Å². The van der Waals surface area contributed by atoms with Crippen LogP contribution in [-0.2, 0) is 0 Å². The van der Waals surface area contributed by atoms with Crippen molar-refractivity contribution in [2.45, 2.75) is 57.9 Å². The van der Waals surface area contributed by atoms with Crippen LogP contribution >= 0.6 is 38.9 Å². The zero-order chi connectivity index (χ0) is 13.8. The third kappa shape index (κ3) is 4.20. The van der Waals surface area contributed by atoms with E-state index >= 15 is 0 Å². The van der Waals surface area contributed by atoms with Crippen LogP contribution in [0.4, 0.5) is 0 Å². The Bertz CT molecular complexity index is 379. The van der Waals surface area contributed by atoms with Crippen molar-refractivity contribution in [1.29, 1.82) is 0 Å². The highest BCUT2D eigenvalue weighted by Crippen LogP contribution is 2.42. The van der Waals surface area contributed by atoms with Gasteiger partial charge in [0.05, 0.1) is 8.81 Å². The number of hydrogen-bond donors (Lipinski definition) is 1. The highest BCUT2D eigenvalue weighted by molar-refractivity contribution is 9.11. The summed E-state index contributed by atoms with van der Waals surface area (Å²) in [4.78, 5) is 1.23. The van der Waals surface area contributed by atoms with Gasteiger partial charge in [0.1, 0.15) is 0 Å². The van der Waals surface area contributed by atoms with Gasteiger partial charge in [-0.3, -0.25) is 0 Å². The highest BCUT2D eigenvalue weighted by Gasteiger charge is 2.27. The lowest BCUT2D eigenvalue weighted by molar-refractivity contribution is 0.234. The van der Waals surface area contributed by atoms with Crippen LogP contribution in [0.15, 0.2) is 9.85 Å². The molecule has 1 aromatic rings. The van der Waals surface area contributed by atoms with E-state index < -0.39 is 0 Å². The Kier molecular flexibility index (Phi) is 6.19. The minimum absolute atomic E-state index is 0.168. The first-order valence-corrected chi connectivity index (χ1v) is 9.30. The third-order valence-corrected chi connectivity index (χ3v) is 6.93. The summed E-state index contributed by atoms with van der Waals surface area (Å²) in [6.07, 6.45) is 9.40. The summed E-state index contributed by atoms with van der Waals surface area (Å²) in [5.41, 5.74) is 6.43. The largest absolute Gasteiger partial charge is 0.323 e. The Balaban J connectivity index is 1.87. The number of rotatable bonds is 5. The maximum atomic E-state index is 6.43. The molecule has 1 aromatic heterocycles. The Morgan fingerprint density at radius 1 is 1.42 bits per heavy atom. The molecule has 1 unspecified atom stereocenters. The van der Waals surface area contributed by atoms with Gasteiger partial charge in [-0.05, 0) is 46.7 Å². The summed E-state index contributed by atoms with van der Waals surface area (Å²) < 4.78 is 1.01. The molecule has 108 valence electrons. The second-order valence-electron chi connectivity index (χ2n) is 5.72. The second-order valence-corrected chi connectivity index (χ2v) is 8.53. The summed E-state index contributed by atoms with van der Waals surface area (Å²) in [6.45, 7) is 2.28. The Morgan fingerprint density at radius 2 is 2.11 bits per heavy atom. The molecule has 1 fully saturated rings. The lowest BCUT2D eigenvalue weighted by atomic mass is 9.77. The molecule has 1 heterocycles. The van der Waals surface area contributed by atoms with Crippen LogP contribution < -0.4 is 5.73 Å². The molecule has 1 aliphatic rings. The molecule has 1 atom stereocenters. The Morgan fingerprint density at radius 3 is 2.63 bits per heavy atom. The van der Waals surface area contributed by atoms with Crippen molar-refractivity contribution < 1.29 is 0 Å². The predicted octanol–water partition coefficient (Wildman–Crippen LogP) is 6.16. The molecule has 0 spiro atoms. The van der Waals surface area contributed by atoms with E-state index in [9.17, 15) is 0 Å². The molecule has 1 aliphatic carbocycles. The lowest BCUT2D eigenvalue weighted by Gasteiger charge is -2.31. The monoisotopic (exact) mass is 363 g/mol. The molecule has 19 heavy (non-hydrogen) atoms.